The molecule has 3 rings (SSSR count). The number of halogens is 4. The van der Waals surface area contributed by atoms with Crippen molar-refractivity contribution in [3.63, 3.8) is 0 Å². The van der Waals surface area contributed by atoms with E-state index in [-0.39, 0.29) is 29.4 Å². The predicted molar refractivity (Wildman–Crippen MR) is 120 cm³/mol. The highest BCUT2D eigenvalue weighted by atomic mass is 19.4. The lowest BCUT2D eigenvalue weighted by Gasteiger charge is -2.30. The molecular weight excluding hydrogens is 486 g/mol. The van der Waals surface area contributed by atoms with Crippen molar-refractivity contribution < 1.29 is 37.0 Å². The number of hydrogen-bond acceptors (Lipinski definition) is 5. The van der Waals surface area contributed by atoms with Gasteiger partial charge in [-0.2, -0.15) is 13.2 Å². The van der Waals surface area contributed by atoms with Gasteiger partial charge in [0.25, 0.3) is 5.91 Å². The molecule has 0 saturated heterocycles. The summed E-state index contributed by atoms with van der Waals surface area (Å²) in [4.78, 5) is 32.5. The molecule has 3 aromatic heterocycles. The second-order valence-corrected chi connectivity index (χ2v) is 8.63. The largest absolute Gasteiger partial charge is 0.483 e. The molecule has 0 aliphatic heterocycles. The number of carbonyl (C=O) groups excluding carboxylic acids is 1. The van der Waals surface area contributed by atoms with Gasteiger partial charge in [0, 0.05) is 25.4 Å². The summed E-state index contributed by atoms with van der Waals surface area (Å²) in [5.74, 6) is -0.938. The van der Waals surface area contributed by atoms with Crippen LogP contribution in [0.15, 0.2) is 30.6 Å². The smallest absolute Gasteiger partial charge is 0.405 e. The number of carbonyl (C=O) groups is 2. The quantitative estimate of drug-likeness (QED) is 0.372. The van der Waals surface area contributed by atoms with Gasteiger partial charge in [-0.3, -0.25) is 14.2 Å². The molecule has 0 radical (unpaired) electrons. The zero-order valence-corrected chi connectivity index (χ0v) is 19.7. The molecule has 0 fully saturated rings. The maximum atomic E-state index is 13.9. The second kappa shape index (κ2) is 10.4. The number of pyridine rings is 2. The number of imidazole rings is 1. The van der Waals surface area contributed by atoms with E-state index in [1.54, 1.807) is 26.1 Å². The molecule has 3 N–H and O–H groups in total. The van der Waals surface area contributed by atoms with Gasteiger partial charge >= 0.3 is 12.3 Å². The number of nitrogens with one attached hydrogen (secondary N) is 2. The Hall–Kier alpha value is -3.90. The Morgan fingerprint density at radius 3 is 2.58 bits per heavy atom. The van der Waals surface area contributed by atoms with Gasteiger partial charge in [0.15, 0.2) is 11.4 Å². The number of alkyl halides is 3. The summed E-state index contributed by atoms with van der Waals surface area (Å²) in [6, 6.07) is 4.36. The van der Waals surface area contributed by atoms with Crippen molar-refractivity contribution >= 4 is 17.6 Å². The molecule has 36 heavy (non-hydrogen) atoms. The maximum absolute atomic E-state index is 13.9. The number of hydrogen-bond donors (Lipinski definition) is 3. The first kappa shape index (κ1) is 26.7. The SMILES string of the molecule is Cc1cc(OCc2ncccc2F)c2nc(C)c(C(=O)NCC(C)(CCC(F)(F)F)NC(=O)O)n2c1. The van der Waals surface area contributed by atoms with Gasteiger partial charge in [0.2, 0.25) is 0 Å². The average molecular weight is 511 g/mol. The van der Waals surface area contributed by atoms with E-state index < -0.39 is 48.9 Å². The van der Waals surface area contributed by atoms with Crippen molar-refractivity contribution in [3.8, 4) is 5.75 Å². The normalized spacial score (nSPS) is 13.3. The van der Waals surface area contributed by atoms with E-state index in [0.29, 0.717) is 11.3 Å². The molecule has 3 heterocycles. The second-order valence-electron chi connectivity index (χ2n) is 8.63. The highest BCUT2D eigenvalue weighted by molar-refractivity contribution is 5.95. The highest BCUT2D eigenvalue weighted by Crippen LogP contribution is 2.27. The minimum absolute atomic E-state index is 0.0856. The third-order valence-electron chi connectivity index (χ3n) is 5.42. The molecule has 3 aromatic rings. The first-order valence-corrected chi connectivity index (χ1v) is 10.9. The van der Waals surface area contributed by atoms with E-state index in [1.807, 2.05) is 0 Å². The fourth-order valence-corrected chi connectivity index (χ4v) is 3.64. The third-order valence-corrected chi connectivity index (χ3v) is 5.42. The zero-order valence-electron chi connectivity index (χ0n) is 19.7. The number of rotatable bonds is 9. The van der Waals surface area contributed by atoms with Crippen molar-refractivity contribution in [2.75, 3.05) is 6.54 Å². The molecule has 0 bridgehead atoms. The fourth-order valence-electron chi connectivity index (χ4n) is 3.64. The van der Waals surface area contributed by atoms with Gasteiger partial charge in [0.1, 0.15) is 23.8 Å². The predicted octanol–water partition coefficient (Wildman–Crippen LogP) is 4.16. The van der Waals surface area contributed by atoms with Crippen molar-refractivity contribution in [1.29, 1.82) is 0 Å². The van der Waals surface area contributed by atoms with Crippen molar-refractivity contribution in [2.45, 2.75) is 51.9 Å². The molecule has 0 aliphatic rings. The van der Waals surface area contributed by atoms with E-state index in [2.05, 4.69) is 20.6 Å². The molecule has 0 saturated carbocycles. The molecule has 0 spiro atoms. The van der Waals surface area contributed by atoms with Crippen LogP contribution in [0.1, 0.15) is 47.2 Å². The van der Waals surface area contributed by atoms with Crippen LogP contribution in [-0.2, 0) is 6.61 Å². The molecule has 9 nitrogen and oxygen atoms in total. The molecule has 1 atom stereocenters. The summed E-state index contributed by atoms with van der Waals surface area (Å²) in [6.07, 6.45) is -4.76. The first-order chi connectivity index (χ1) is 16.8. The van der Waals surface area contributed by atoms with Crippen LogP contribution in [0.25, 0.3) is 5.65 Å². The van der Waals surface area contributed by atoms with Crippen LogP contribution in [0.2, 0.25) is 0 Å². The summed E-state index contributed by atoms with van der Waals surface area (Å²) in [7, 11) is 0. The number of nitrogens with zero attached hydrogens (tertiary/aromatic N) is 3. The molecule has 0 aromatic carbocycles. The number of amides is 2. The summed E-state index contributed by atoms with van der Waals surface area (Å²) in [5.41, 5.74) is -0.132. The Bertz CT molecular complexity index is 1280. The lowest BCUT2D eigenvalue weighted by Crippen LogP contribution is -2.53. The highest BCUT2D eigenvalue weighted by Gasteiger charge is 2.35. The molecule has 2 amide bonds. The zero-order chi connectivity index (χ0) is 26.7. The Kier molecular flexibility index (Phi) is 7.70. The van der Waals surface area contributed by atoms with Crippen molar-refractivity contribution in [3.05, 3.63) is 59.1 Å². The molecule has 194 valence electrons. The Morgan fingerprint density at radius 2 is 1.94 bits per heavy atom. The Morgan fingerprint density at radius 1 is 1.22 bits per heavy atom. The number of aromatic nitrogens is 3. The lowest BCUT2D eigenvalue weighted by molar-refractivity contribution is -0.138. The number of fused-ring (bicyclic) bond motifs is 1. The van der Waals surface area contributed by atoms with E-state index in [1.165, 1.54) is 29.7 Å². The van der Waals surface area contributed by atoms with E-state index >= 15 is 0 Å². The van der Waals surface area contributed by atoms with Gasteiger partial charge in [-0.05, 0) is 51.0 Å². The van der Waals surface area contributed by atoms with Crippen LogP contribution < -0.4 is 15.4 Å². The molecule has 0 aliphatic carbocycles. The van der Waals surface area contributed by atoms with Gasteiger partial charge in [0.05, 0.1) is 11.2 Å². The summed E-state index contributed by atoms with van der Waals surface area (Å²) in [5, 5.41) is 13.6. The Labute approximate surface area is 203 Å². The minimum atomic E-state index is -4.49. The maximum Gasteiger partial charge on any atom is 0.405 e. The minimum Gasteiger partial charge on any atom is -0.483 e. The van der Waals surface area contributed by atoms with Crippen LogP contribution in [0, 0.1) is 19.7 Å². The van der Waals surface area contributed by atoms with E-state index in [9.17, 15) is 27.2 Å². The lowest BCUT2D eigenvalue weighted by atomic mass is 9.95. The van der Waals surface area contributed by atoms with Gasteiger partial charge < -0.3 is 20.5 Å². The summed E-state index contributed by atoms with van der Waals surface area (Å²) in [6.45, 7) is 4.02. The van der Waals surface area contributed by atoms with Gasteiger partial charge in [-0.15, -0.1) is 0 Å². The van der Waals surface area contributed by atoms with Crippen LogP contribution in [0.4, 0.5) is 22.4 Å². The number of aryl methyl sites for hydroxylation is 2. The summed E-state index contributed by atoms with van der Waals surface area (Å²) >= 11 is 0. The number of ether oxygens (including phenoxy) is 1. The first-order valence-electron chi connectivity index (χ1n) is 10.9. The topological polar surface area (TPSA) is 118 Å². The fraction of sp³-hybridized carbons (Fsp3) is 0.391. The Balaban J connectivity index is 1.84. The van der Waals surface area contributed by atoms with Crippen LogP contribution >= 0.6 is 0 Å². The molecular formula is C23H25F4N5O4. The van der Waals surface area contributed by atoms with Gasteiger partial charge in [-0.1, -0.05) is 0 Å². The molecule has 1 unspecified atom stereocenters. The third kappa shape index (κ3) is 6.61. The average Bonchev–Trinajstić information content (AvgIpc) is 3.10. The van der Waals surface area contributed by atoms with E-state index in [0.717, 1.165) is 0 Å². The van der Waals surface area contributed by atoms with Crippen molar-refractivity contribution in [2.24, 2.45) is 0 Å². The standard InChI is InChI=1S/C23H25F4N5O4/c1-13-9-17(36-11-16-15(24)5-4-8-28-16)19-30-14(2)18(32(19)10-13)20(33)29-12-22(3,31-21(34)35)6-7-23(25,26)27/h4-5,8-10,31H,6-7,11-12H2,1-3H3,(H,29,33)(H,34,35). The summed E-state index contributed by atoms with van der Waals surface area (Å²) < 4.78 is 59.3. The van der Waals surface area contributed by atoms with Crippen LogP contribution in [0.3, 0.4) is 0 Å². The van der Waals surface area contributed by atoms with Crippen molar-refractivity contribution in [1.82, 2.24) is 25.0 Å². The monoisotopic (exact) mass is 511 g/mol. The van der Waals surface area contributed by atoms with Gasteiger partial charge in [-0.25, -0.2) is 14.2 Å². The van der Waals surface area contributed by atoms with E-state index in [4.69, 9.17) is 9.84 Å². The van der Waals surface area contributed by atoms with Crippen LogP contribution in [-0.4, -0.2) is 49.7 Å². The molecule has 13 heteroatoms. The number of carboxylic acid groups (broad SMARTS) is 1. The van der Waals surface area contributed by atoms with Crippen LogP contribution in [0.5, 0.6) is 5.75 Å².